The molecule has 0 saturated heterocycles. The molecule has 0 aromatic rings. The quantitative estimate of drug-likeness (QED) is 0.280. The van der Waals surface area contributed by atoms with E-state index in [-0.39, 0.29) is 0 Å². The molecule has 0 aliphatic rings. The second-order valence-electron chi connectivity index (χ2n) is 1.43. The molecule has 0 fully saturated rings. The molecule has 1 heteroatoms. The van der Waals surface area contributed by atoms with Gasteiger partial charge in [0.1, 0.15) is 0 Å². The van der Waals surface area contributed by atoms with E-state index in [1.165, 1.54) is 34.4 Å². The first kappa shape index (κ1) is 6.27. The highest BCUT2D eigenvalue weighted by atomic mass is 27.0. The standard InChI is InChI=1S/C5H9.Al.2H/c1-3-5-4-2;;;/h3H,1-2,4-5H2;;;. The lowest BCUT2D eigenvalue weighted by molar-refractivity contribution is 0.958. The zero-order valence-corrected chi connectivity index (χ0v) is 6.41. The Kier molecular flexibility index (Phi) is 5.51. The van der Waals surface area contributed by atoms with Gasteiger partial charge >= 0.3 is 0 Å². The lowest BCUT2D eigenvalue weighted by Crippen LogP contribution is -1.65. The molecule has 0 rings (SSSR count). The van der Waals surface area contributed by atoms with E-state index < -0.39 is 0 Å². The van der Waals surface area contributed by atoms with Gasteiger partial charge in [0, 0.05) is 0 Å². The lowest BCUT2D eigenvalue weighted by Gasteiger charge is -1.81. The van der Waals surface area contributed by atoms with Gasteiger partial charge in [-0.2, -0.15) is 0 Å². The van der Waals surface area contributed by atoms with Gasteiger partial charge in [0.05, 0.1) is 0 Å². The van der Waals surface area contributed by atoms with Gasteiger partial charge < -0.3 is 0 Å². The van der Waals surface area contributed by atoms with Crippen molar-refractivity contribution in [3.05, 3.63) is 12.7 Å². The molecule has 0 bridgehead atoms. The Morgan fingerprint density at radius 1 is 1.67 bits per heavy atom. The van der Waals surface area contributed by atoms with Crippen molar-refractivity contribution in [2.24, 2.45) is 0 Å². The minimum absolute atomic E-state index is 1.21. The highest BCUT2D eigenvalue weighted by molar-refractivity contribution is 6.08. The van der Waals surface area contributed by atoms with Gasteiger partial charge in [-0.25, -0.2) is 0 Å². The molecule has 0 spiro atoms. The molecular weight excluding hydrogens is 87.0 g/mol. The SMILES string of the molecule is C=CCC[CH2][AlH2]. The van der Waals surface area contributed by atoms with Crippen LogP contribution in [0, 0.1) is 0 Å². The first-order valence-electron chi connectivity index (χ1n) is 2.52. The van der Waals surface area contributed by atoms with Crippen molar-refractivity contribution in [3.8, 4) is 0 Å². The van der Waals surface area contributed by atoms with Crippen molar-refractivity contribution in [3.63, 3.8) is 0 Å². The minimum atomic E-state index is 1.21. The van der Waals surface area contributed by atoms with Crippen LogP contribution in [0.3, 0.4) is 0 Å². The Labute approximate surface area is 47.7 Å². The summed E-state index contributed by atoms with van der Waals surface area (Å²) in [6.45, 7) is 3.61. The molecule has 0 amide bonds. The van der Waals surface area contributed by atoms with Crippen LogP contribution in [-0.2, 0) is 0 Å². The predicted octanol–water partition coefficient (Wildman–Crippen LogP) is 1.00. The second kappa shape index (κ2) is 5.27. The highest BCUT2D eigenvalue weighted by Gasteiger charge is 1.72. The molecular formula is C5H11Al. The summed E-state index contributed by atoms with van der Waals surface area (Å²) in [5.41, 5.74) is 0. The monoisotopic (exact) mass is 98.1 g/mol. The van der Waals surface area contributed by atoms with Crippen LogP contribution in [0.1, 0.15) is 12.8 Å². The fourth-order valence-electron chi connectivity index (χ4n) is 0.348. The molecule has 0 aromatic heterocycles. The highest BCUT2D eigenvalue weighted by Crippen LogP contribution is 1.90. The Morgan fingerprint density at radius 2 is 2.33 bits per heavy atom. The van der Waals surface area contributed by atoms with Gasteiger partial charge in [-0.15, -0.1) is 11.9 Å². The van der Waals surface area contributed by atoms with Crippen molar-refractivity contribution < 1.29 is 0 Å². The van der Waals surface area contributed by atoms with Crippen LogP contribution in [0.5, 0.6) is 0 Å². The summed E-state index contributed by atoms with van der Waals surface area (Å²) in [7, 11) is 0. The molecule has 0 aliphatic heterocycles. The van der Waals surface area contributed by atoms with E-state index in [0.717, 1.165) is 0 Å². The average molecular weight is 98.1 g/mol. The Morgan fingerprint density at radius 3 is 2.50 bits per heavy atom. The van der Waals surface area contributed by atoms with Crippen LogP contribution in [-0.4, -0.2) is 16.3 Å². The number of hydrogen-bond donors (Lipinski definition) is 0. The summed E-state index contributed by atoms with van der Waals surface area (Å²) in [6, 6.07) is 0. The van der Waals surface area contributed by atoms with E-state index in [0.29, 0.717) is 0 Å². The van der Waals surface area contributed by atoms with Crippen molar-refractivity contribution in [1.29, 1.82) is 0 Å². The third kappa shape index (κ3) is 4.27. The molecule has 0 aliphatic carbocycles. The van der Waals surface area contributed by atoms with Crippen LogP contribution < -0.4 is 0 Å². The van der Waals surface area contributed by atoms with Crippen LogP contribution >= 0.6 is 0 Å². The van der Waals surface area contributed by atoms with Crippen molar-refractivity contribution in [2.45, 2.75) is 18.1 Å². The Balaban J connectivity index is 2.49. The maximum Gasteiger partial charge on any atom is 0.211 e. The smallest absolute Gasteiger partial charge is 0.103 e. The molecule has 0 aromatic carbocycles. The Bertz CT molecular complexity index is 32.9. The number of rotatable bonds is 3. The maximum atomic E-state index is 3.61. The molecule has 6 heavy (non-hydrogen) atoms. The molecule has 0 atom stereocenters. The third-order valence-electron chi connectivity index (χ3n) is 0.762. The van der Waals surface area contributed by atoms with Gasteiger partial charge in [0.15, 0.2) is 0 Å². The summed E-state index contributed by atoms with van der Waals surface area (Å²) in [4.78, 5) is 0. The van der Waals surface area contributed by atoms with Gasteiger partial charge in [-0.05, 0) is 6.42 Å². The van der Waals surface area contributed by atoms with Crippen LogP contribution in [0.4, 0.5) is 0 Å². The van der Waals surface area contributed by atoms with Crippen LogP contribution in [0.2, 0.25) is 5.28 Å². The van der Waals surface area contributed by atoms with E-state index in [1.807, 2.05) is 6.08 Å². The number of hydrogen-bond acceptors (Lipinski definition) is 0. The van der Waals surface area contributed by atoms with Crippen molar-refractivity contribution >= 4 is 16.3 Å². The summed E-state index contributed by atoms with van der Waals surface area (Å²) < 4.78 is 0. The molecule has 0 N–H and O–H groups in total. The van der Waals surface area contributed by atoms with E-state index in [9.17, 15) is 0 Å². The van der Waals surface area contributed by atoms with E-state index in [4.69, 9.17) is 0 Å². The average Bonchev–Trinajstić information content (AvgIpc) is 1.61. The second-order valence-corrected chi connectivity index (χ2v) is 2.43. The van der Waals surface area contributed by atoms with Crippen LogP contribution in [0.25, 0.3) is 0 Å². The molecule has 0 heterocycles. The molecule has 0 nitrogen and oxygen atoms in total. The summed E-state index contributed by atoms with van der Waals surface area (Å²) in [6.07, 6.45) is 4.55. The van der Waals surface area contributed by atoms with Gasteiger partial charge in [-0.3, -0.25) is 0 Å². The lowest BCUT2D eigenvalue weighted by atomic mass is 10.3. The van der Waals surface area contributed by atoms with Crippen molar-refractivity contribution in [2.75, 3.05) is 0 Å². The first-order chi connectivity index (χ1) is 2.91. The zero-order chi connectivity index (χ0) is 4.83. The minimum Gasteiger partial charge on any atom is -0.103 e. The fraction of sp³-hybridized carbons (Fsp3) is 0.600. The zero-order valence-electron chi connectivity index (χ0n) is 4.41. The third-order valence-corrected chi connectivity index (χ3v) is 1.47. The van der Waals surface area contributed by atoms with Gasteiger partial charge in [0.2, 0.25) is 16.3 Å². The largest absolute Gasteiger partial charge is 0.211 e. The molecule has 0 unspecified atom stereocenters. The summed E-state index contributed by atoms with van der Waals surface area (Å²) in [5.74, 6) is 0. The van der Waals surface area contributed by atoms with Gasteiger partial charge in [0.25, 0.3) is 0 Å². The first-order valence-corrected chi connectivity index (χ1v) is 3.94. The van der Waals surface area contributed by atoms with Crippen LogP contribution in [0.15, 0.2) is 12.7 Å². The summed E-state index contributed by atoms with van der Waals surface area (Å²) in [5, 5.41) is 1.42. The molecule has 0 saturated carbocycles. The molecule has 0 radical (unpaired) electrons. The topological polar surface area (TPSA) is 0 Å². The molecule has 34 valence electrons. The fourth-order valence-corrected chi connectivity index (χ4v) is 0.757. The normalized spacial score (nSPS) is 8.00. The van der Waals surface area contributed by atoms with E-state index in [1.54, 1.807) is 0 Å². The summed E-state index contributed by atoms with van der Waals surface area (Å²) >= 11 is 1.36. The van der Waals surface area contributed by atoms with Gasteiger partial charge in [-0.1, -0.05) is 12.5 Å². The number of allylic oxidation sites excluding steroid dienone is 1. The number of unbranched alkanes of at least 4 members (excludes halogenated alkanes) is 1. The Hall–Kier alpha value is 0.272. The van der Waals surface area contributed by atoms with E-state index in [2.05, 4.69) is 6.58 Å². The predicted molar refractivity (Wildman–Crippen MR) is 32.8 cm³/mol. The van der Waals surface area contributed by atoms with E-state index >= 15 is 0 Å². The maximum absolute atomic E-state index is 3.61. The van der Waals surface area contributed by atoms with Crippen molar-refractivity contribution in [1.82, 2.24) is 0 Å².